The lowest BCUT2D eigenvalue weighted by Crippen LogP contribution is -2.58. The number of benzene rings is 1. The second-order valence-corrected chi connectivity index (χ2v) is 7.32. The Kier molecular flexibility index (Phi) is 6.47. The summed E-state index contributed by atoms with van der Waals surface area (Å²) in [7, 11) is 0. The van der Waals surface area contributed by atoms with Crippen LogP contribution in [0.3, 0.4) is 0 Å². The summed E-state index contributed by atoms with van der Waals surface area (Å²) in [6, 6.07) is 2.59. The van der Waals surface area contributed by atoms with Gasteiger partial charge in [0, 0.05) is 24.3 Å². The summed E-state index contributed by atoms with van der Waals surface area (Å²) in [4.78, 5) is 25.0. The van der Waals surface area contributed by atoms with Crippen molar-refractivity contribution >= 4 is 17.4 Å². The van der Waals surface area contributed by atoms with Gasteiger partial charge in [0.2, 0.25) is 11.7 Å². The first-order valence-corrected chi connectivity index (χ1v) is 9.28. The van der Waals surface area contributed by atoms with E-state index in [1.807, 2.05) is 0 Å². The maximum absolute atomic E-state index is 13.1. The Balaban J connectivity index is 2.28. The molecule has 4 atom stereocenters. The number of amides is 1. The Labute approximate surface area is 164 Å². The van der Waals surface area contributed by atoms with E-state index in [0.29, 0.717) is 5.69 Å². The lowest BCUT2D eigenvalue weighted by molar-refractivity contribution is -0.173. The molecule has 1 heterocycles. The molecule has 1 aliphatic rings. The molecule has 2 rings (SSSR count). The molecule has 1 saturated heterocycles. The molecule has 1 amide bonds. The lowest BCUT2D eigenvalue weighted by Gasteiger charge is -2.28. The van der Waals surface area contributed by atoms with Gasteiger partial charge in [0.15, 0.2) is 5.78 Å². The molecular formula is C19H30N4O5. The van der Waals surface area contributed by atoms with E-state index in [-0.39, 0.29) is 24.5 Å². The molecule has 1 fully saturated rings. The van der Waals surface area contributed by atoms with Gasteiger partial charge in [0.1, 0.15) is 12.3 Å². The van der Waals surface area contributed by atoms with E-state index in [9.17, 15) is 19.8 Å². The van der Waals surface area contributed by atoms with Gasteiger partial charge in [-0.3, -0.25) is 14.9 Å². The Morgan fingerprint density at radius 3 is 2.54 bits per heavy atom. The summed E-state index contributed by atoms with van der Waals surface area (Å²) in [6.45, 7) is 6.93. The molecule has 1 aliphatic heterocycles. The number of anilines is 1. The largest absolute Gasteiger partial charge is 0.399 e. The van der Waals surface area contributed by atoms with E-state index >= 15 is 0 Å². The normalized spacial score (nSPS) is 23.8. The summed E-state index contributed by atoms with van der Waals surface area (Å²) in [5.74, 6) is -3.20. The summed E-state index contributed by atoms with van der Waals surface area (Å²) >= 11 is 0. The van der Waals surface area contributed by atoms with Crippen molar-refractivity contribution in [1.82, 2.24) is 10.6 Å². The van der Waals surface area contributed by atoms with Crippen LogP contribution in [0.15, 0.2) is 18.2 Å². The van der Waals surface area contributed by atoms with Gasteiger partial charge in [0.25, 0.3) is 0 Å². The summed E-state index contributed by atoms with van der Waals surface area (Å²) < 4.78 is 5.30. The van der Waals surface area contributed by atoms with Gasteiger partial charge >= 0.3 is 0 Å². The van der Waals surface area contributed by atoms with Crippen molar-refractivity contribution in [2.45, 2.75) is 63.8 Å². The molecule has 8 N–H and O–H groups in total. The Morgan fingerprint density at radius 1 is 1.36 bits per heavy atom. The third-order valence-electron chi connectivity index (χ3n) is 4.98. The highest BCUT2D eigenvalue weighted by Gasteiger charge is 2.66. The number of nitrogens with two attached hydrogens (primary N) is 2. The second kappa shape index (κ2) is 8.14. The van der Waals surface area contributed by atoms with Crippen LogP contribution in [0.4, 0.5) is 5.69 Å². The highest BCUT2D eigenvalue weighted by atomic mass is 16.5. The monoisotopic (exact) mass is 394 g/mol. The number of aryl methyl sites for hydroxylation is 1. The van der Waals surface area contributed by atoms with Gasteiger partial charge in [-0.15, -0.1) is 0 Å². The van der Waals surface area contributed by atoms with E-state index in [1.54, 1.807) is 32.9 Å². The number of carbonyl (C=O) groups is 2. The molecule has 156 valence electrons. The highest BCUT2D eigenvalue weighted by Crippen LogP contribution is 2.41. The minimum atomic E-state index is -2.35. The van der Waals surface area contributed by atoms with Crippen LogP contribution in [0.5, 0.6) is 0 Å². The molecule has 0 bridgehead atoms. The van der Waals surface area contributed by atoms with Crippen molar-refractivity contribution in [3.63, 3.8) is 0 Å². The van der Waals surface area contributed by atoms with E-state index < -0.39 is 35.4 Å². The number of nitrogens with one attached hydrogen (secondary N) is 2. The fourth-order valence-corrected chi connectivity index (χ4v) is 3.35. The van der Waals surface area contributed by atoms with Crippen LogP contribution in [0, 0.1) is 6.92 Å². The number of hydrogen-bond donors (Lipinski definition) is 6. The Hall–Kier alpha value is -2.04. The van der Waals surface area contributed by atoms with Crippen LogP contribution >= 0.6 is 0 Å². The van der Waals surface area contributed by atoms with Crippen molar-refractivity contribution in [2.75, 3.05) is 12.3 Å². The Morgan fingerprint density at radius 2 is 2.00 bits per heavy atom. The van der Waals surface area contributed by atoms with E-state index in [0.717, 1.165) is 5.56 Å². The number of ketones is 1. The first-order chi connectivity index (χ1) is 13.0. The topological polar surface area (TPSA) is 170 Å². The zero-order valence-corrected chi connectivity index (χ0v) is 16.7. The van der Waals surface area contributed by atoms with Crippen molar-refractivity contribution in [2.24, 2.45) is 5.73 Å². The van der Waals surface area contributed by atoms with E-state index in [4.69, 9.17) is 16.2 Å². The van der Waals surface area contributed by atoms with Gasteiger partial charge in [0.05, 0.1) is 11.6 Å². The van der Waals surface area contributed by atoms with Crippen LogP contribution in [0.1, 0.15) is 38.3 Å². The fourth-order valence-electron chi connectivity index (χ4n) is 3.35. The third-order valence-corrected chi connectivity index (χ3v) is 4.98. The smallest absolute Gasteiger partial charge is 0.220 e. The van der Waals surface area contributed by atoms with Gasteiger partial charge < -0.3 is 31.7 Å². The Bertz CT molecular complexity index is 734. The molecule has 0 saturated carbocycles. The SMILES string of the molecule is CCOC(N)C(NC(=O)CC)C(=O)C1(C)NC1C(O)(O)c1cc(C)cc(N)c1. The van der Waals surface area contributed by atoms with Gasteiger partial charge in [-0.1, -0.05) is 13.0 Å². The summed E-state index contributed by atoms with van der Waals surface area (Å²) in [5, 5.41) is 26.9. The van der Waals surface area contributed by atoms with E-state index in [1.165, 1.54) is 13.0 Å². The zero-order chi connectivity index (χ0) is 21.3. The van der Waals surface area contributed by atoms with Crippen molar-refractivity contribution in [3.05, 3.63) is 29.3 Å². The van der Waals surface area contributed by atoms with Crippen molar-refractivity contribution < 1.29 is 24.5 Å². The lowest BCUT2D eigenvalue weighted by atomic mass is 9.88. The molecule has 0 radical (unpaired) electrons. The molecule has 9 nitrogen and oxygen atoms in total. The molecule has 0 spiro atoms. The van der Waals surface area contributed by atoms with Gasteiger partial charge in [-0.05, 0) is 38.5 Å². The maximum Gasteiger partial charge on any atom is 0.220 e. The minimum absolute atomic E-state index is 0.169. The summed E-state index contributed by atoms with van der Waals surface area (Å²) in [5.41, 5.74) is 11.7. The predicted octanol–water partition coefficient (Wildman–Crippen LogP) is -0.770. The van der Waals surface area contributed by atoms with Crippen LogP contribution in [-0.4, -0.2) is 52.4 Å². The number of rotatable bonds is 9. The first kappa shape index (κ1) is 22.3. The average Bonchev–Trinajstić information content (AvgIpc) is 3.32. The fraction of sp³-hybridized carbons (Fsp3) is 0.579. The molecule has 0 aliphatic carbocycles. The highest BCUT2D eigenvalue weighted by molar-refractivity contribution is 5.99. The number of carbonyl (C=O) groups excluding carboxylic acids is 2. The molecule has 1 aromatic carbocycles. The standard InChI is InChI=1S/C19H30N4O5/c1-5-13(24)22-14(16(21)28-6-2)15(25)18(4)17(23-18)19(26,27)11-7-10(3)8-12(20)9-11/h7-9,14,16-17,23,26-27H,5-6,20-21H2,1-4H3,(H,22,24). The quantitative estimate of drug-likeness (QED) is 0.180. The van der Waals surface area contributed by atoms with Crippen LogP contribution in [-0.2, 0) is 20.1 Å². The number of hydrogen-bond acceptors (Lipinski definition) is 8. The van der Waals surface area contributed by atoms with Gasteiger partial charge in [-0.2, -0.15) is 0 Å². The van der Waals surface area contributed by atoms with Gasteiger partial charge in [-0.25, -0.2) is 0 Å². The van der Waals surface area contributed by atoms with Crippen LogP contribution in [0.25, 0.3) is 0 Å². The second-order valence-electron chi connectivity index (χ2n) is 7.32. The van der Waals surface area contributed by atoms with Crippen LogP contribution in [0.2, 0.25) is 0 Å². The van der Waals surface area contributed by atoms with E-state index in [2.05, 4.69) is 10.6 Å². The van der Waals surface area contributed by atoms with Crippen LogP contribution < -0.4 is 22.1 Å². The number of ether oxygens (including phenoxy) is 1. The molecule has 0 aromatic heterocycles. The number of Topliss-reactive ketones (excluding diaryl/α,β-unsaturated/α-hetero) is 1. The average molecular weight is 394 g/mol. The molecule has 28 heavy (non-hydrogen) atoms. The molecular weight excluding hydrogens is 364 g/mol. The molecule has 9 heteroatoms. The van der Waals surface area contributed by atoms with Crippen molar-refractivity contribution in [3.8, 4) is 0 Å². The minimum Gasteiger partial charge on any atom is -0.399 e. The first-order valence-electron chi connectivity index (χ1n) is 9.28. The predicted molar refractivity (Wildman–Crippen MR) is 104 cm³/mol. The molecule has 4 unspecified atom stereocenters. The maximum atomic E-state index is 13.1. The summed E-state index contributed by atoms with van der Waals surface area (Å²) in [6.07, 6.45) is -0.892. The zero-order valence-electron chi connectivity index (χ0n) is 16.7. The molecule has 1 aromatic rings. The number of nitrogen functional groups attached to an aromatic ring is 1. The third kappa shape index (κ3) is 4.34. The van der Waals surface area contributed by atoms with Crippen molar-refractivity contribution in [1.29, 1.82) is 0 Å². The number of aliphatic hydroxyl groups is 2.